The minimum absolute atomic E-state index is 0.0928. The maximum Gasteiger partial charge on any atom is 0.353 e. The highest BCUT2D eigenvalue weighted by molar-refractivity contribution is 7.79. The van der Waals surface area contributed by atoms with E-state index in [1.165, 1.54) is 0 Å². The van der Waals surface area contributed by atoms with Crippen LogP contribution < -0.4 is 0 Å². The molecule has 0 aromatic carbocycles. The van der Waals surface area contributed by atoms with Crippen molar-refractivity contribution in [1.29, 1.82) is 0 Å². The van der Waals surface area contributed by atoms with Crippen LogP contribution in [0.4, 0.5) is 0 Å². The molecule has 5 heteroatoms. The summed E-state index contributed by atoms with van der Waals surface area (Å²) in [7, 11) is 0. The topological polar surface area (TPSA) is 47.9 Å². The van der Waals surface area contributed by atoms with Gasteiger partial charge in [-0.2, -0.15) is 0 Å². The Morgan fingerprint density at radius 2 is 2.23 bits per heavy atom. The summed E-state index contributed by atoms with van der Waals surface area (Å²) in [5, 5.41) is 9.33. The van der Waals surface area contributed by atoms with Crippen molar-refractivity contribution in [3.8, 4) is 0 Å². The van der Waals surface area contributed by atoms with E-state index in [2.05, 4.69) is 0 Å². The molecule has 2 aliphatic heterocycles. The summed E-state index contributed by atoms with van der Waals surface area (Å²) in [5.41, 5.74) is -0.690. The summed E-state index contributed by atoms with van der Waals surface area (Å²) in [6, 6.07) is 0. The highest BCUT2D eigenvalue weighted by Gasteiger charge is 2.57. The lowest BCUT2D eigenvalue weighted by molar-refractivity contribution is -0.0945. The lowest BCUT2D eigenvalue weighted by atomic mass is 9.98. The molecule has 74 valence electrons. The Morgan fingerprint density at radius 1 is 1.54 bits per heavy atom. The van der Waals surface area contributed by atoms with Gasteiger partial charge in [-0.15, -0.1) is 0 Å². The van der Waals surface area contributed by atoms with E-state index in [0.717, 1.165) is 0 Å². The quantitative estimate of drug-likeness (QED) is 0.619. The first kappa shape index (κ1) is 9.18. The highest BCUT2D eigenvalue weighted by atomic mass is 32.1. The third-order valence-corrected chi connectivity index (χ3v) is 2.78. The molecule has 2 rings (SSSR count). The summed E-state index contributed by atoms with van der Waals surface area (Å²) >= 11 is 4.80. The van der Waals surface area contributed by atoms with E-state index in [1.54, 1.807) is 6.92 Å². The van der Waals surface area contributed by atoms with Crippen molar-refractivity contribution in [2.75, 3.05) is 6.61 Å². The van der Waals surface area contributed by atoms with E-state index >= 15 is 0 Å². The van der Waals surface area contributed by atoms with Gasteiger partial charge in [-0.25, -0.2) is 0 Å². The van der Waals surface area contributed by atoms with Crippen molar-refractivity contribution in [2.45, 2.75) is 37.8 Å². The minimum Gasteiger partial charge on any atom is -0.447 e. The number of aliphatic hydroxyl groups excluding tert-OH is 1. The van der Waals surface area contributed by atoms with Gasteiger partial charge in [0.1, 0.15) is 5.60 Å². The van der Waals surface area contributed by atoms with Crippen molar-refractivity contribution in [3.05, 3.63) is 0 Å². The first-order chi connectivity index (χ1) is 6.07. The van der Waals surface area contributed by atoms with Gasteiger partial charge >= 0.3 is 5.24 Å². The van der Waals surface area contributed by atoms with Crippen LogP contribution in [0.2, 0.25) is 0 Å². The maximum absolute atomic E-state index is 9.17. The number of hydrogen-bond donors (Lipinski definition) is 1. The number of rotatable bonds is 1. The summed E-state index contributed by atoms with van der Waals surface area (Å²) in [6.07, 6.45) is -0.549. The molecule has 0 aromatic heterocycles. The molecule has 4 atom stereocenters. The van der Waals surface area contributed by atoms with Crippen LogP contribution in [-0.2, 0) is 14.2 Å². The molecule has 2 fully saturated rings. The standard InChI is InChI=1S/C8H12O4S/c1-4-5-6(11-7(13)10-5)8(2,3-9)12-4/h4-6,9H,3H2,1-2H3/t4-,5?,6?,8+/m0/s1. The second kappa shape index (κ2) is 2.80. The molecule has 13 heavy (non-hydrogen) atoms. The van der Waals surface area contributed by atoms with E-state index in [0.29, 0.717) is 0 Å². The van der Waals surface area contributed by atoms with Crippen LogP contribution >= 0.6 is 12.2 Å². The lowest BCUT2D eigenvalue weighted by Crippen LogP contribution is -2.42. The predicted octanol–water partition coefficient (Wildman–Crippen LogP) is 0.225. The molecule has 0 saturated carbocycles. The van der Waals surface area contributed by atoms with Crippen LogP contribution in [0.5, 0.6) is 0 Å². The summed E-state index contributed by atoms with van der Waals surface area (Å²) in [5.74, 6) is 0. The first-order valence-corrected chi connectivity index (χ1v) is 4.63. The molecular formula is C8H12O4S. The SMILES string of the molecule is C[C@@H]1O[C@](C)(CO)C2OC(=S)OC21. The Labute approximate surface area is 81.8 Å². The van der Waals surface area contributed by atoms with Crippen molar-refractivity contribution >= 4 is 17.5 Å². The van der Waals surface area contributed by atoms with Crippen molar-refractivity contribution in [3.63, 3.8) is 0 Å². The van der Waals surface area contributed by atoms with Gasteiger partial charge in [0.15, 0.2) is 12.2 Å². The smallest absolute Gasteiger partial charge is 0.353 e. The van der Waals surface area contributed by atoms with Gasteiger partial charge < -0.3 is 19.3 Å². The van der Waals surface area contributed by atoms with E-state index in [4.69, 9.17) is 26.4 Å². The second-order valence-corrected chi connectivity index (χ2v) is 4.00. The Morgan fingerprint density at radius 3 is 2.85 bits per heavy atom. The van der Waals surface area contributed by atoms with Crippen molar-refractivity contribution < 1.29 is 19.3 Å². The van der Waals surface area contributed by atoms with Gasteiger partial charge in [0.05, 0.1) is 12.7 Å². The molecular weight excluding hydrogens is 192 g/mol. The summed E-state index contributed by atoms with van der Waals surface area (Å²) in [4.78, 5) is 0. The zero-order chi connectivity index (χ0) is 9.64. The zero-order valence-corrected chi connectivity index (χ0v) is 8.34. The fourth-order valence-electron chi connectivity index (χ4n) is 1.87. The molecule has 0 spiro atoms. The van der Waals surface area contributed by atoms with Crippen LogP contribution in [0.3, 0.4) is 0 Å². The molecule has 4 nitrogen and oxygen atoms in total. The molecule has 2 aliphatic rings. The average molecular weight is 204 g/mol. The third-order valence-electron chi connectivity index (χ3n) is 2.59. The average Bonchev–Trinajstić information content (AvgIpc) is 2.55. The van der Waals surface area contributed by atoms with Gasteiger partial charge in [0.25, 0.3) is 0 Å². The van der Waals surface area contributed by atoms with Gasteiger partial charge in [-0.1, -0.05) is 0 Å². The minimum atomic E-state index is -0.690. The molecule has 0 aromatic rings. The third kappa shape index (κ3) is 1.22. The molecule has 1 N–H and O–H groups in total. The molecule has 0 bridgehead atoms. The van der Waals surface area contributed by atoms with Crippen LogP contribution in [0.15, 0.2) is 0 Å². The number of fused-ring (bicyclic) bond motifs is 1. The molecule has 2 saturated heterocycles. The molecule has 2 unspecified atom stereocenters. The number of hydrogen-bond acceptors (Lipinski definition) is 5. The Kier molecular flexibility index (Phi) is 1.98. The fourth-order valence-corrected chi connectivity index (χ4v) is 2.09. The summed E-state index contributed by atoms with van der Waals surface area (Å²) < 4.78 is 16.1. The van der Waals surface area contributed by atoms with E-state index in [9.17, 15) is 5.11 Å². The van der Waals surface area contributed by atoms with Gasteiger partial charge in [0, 0.05) is 12.2 Å². The van der Waals surface area contributed by atoms with Crippen LogP contribution in [-0.4, -0.2) is 40.9 Å². The number of aliphatic hydroxyl groups is 1. The van der Waals surface area contributed by atoms with Crippen LogP contribution in [0.1, 0.15) is 13.8 Å². The Balaban J connectivity index is 2.24. The lowest BCUT2D eigenvalue weighted by Gasteiger charge is -2.25. The molecule has 0 radical (unpaired) electrons. The number of thiocarbonyl (C=S) groups is 1. The largest absolute Gasteiger partial charge is 0.447 e. The normalized spacial score (nSPS) is 48.5. The van der Waals surface area contributed by atoms with E-state index in [-0.39, 0.29) is 30.2 Å². The van der Waals surface area contributed by atoms with Crippen molar-refractivity contribution in [2.24, 2.45) is 0 Å². The van der Waals surface area contributed by atoms with Crippen LogP contribution in [0.25, 0.3) is 0 Å². The van der Waals surface area contributed by atoms with Crippen molar-refractivity contribution in [1.82, 2.24) is 0 Å². The summed E-state index contributed by atoms with van der Waals surface area (Å²) in [6.45, 7) is 3.59. The van der Waals surface area contributed by atoms with Gasteiger partial charge in [-0.3, -0.25) is 0 Å². The fraction of sp³-hybridized carbons (Fsp3) is 0.875. The maximum atomic E-state index is 9.17. The predicted molar refractivity (Wildman–Crippen MR) is 48.4 cm³/mol. The van der Waals surface area contributed by atoms with Crippen LogP contribution in [0, 0.1) is 0 Å². The van der Waals surface area contributed by atoms with Gasteiger partial charge in [-0.05, 0) is 13.8 Å². The molecule has 2 heterocycles. The van der Waals surface area contributed by atoms with E-state index in [1.807, 2.05) is 6.92 Å². The number of ether oxygens (including phenoxy) is 3. The van der Waals surface area contributed by atoms with E-state index < -0.39 is 5.60 Å². The Bertz CT molecular complexity index is 244. The molecule has 0 amide bonds. The van der Waals surface area contributed by atoms with Gasteiger partial charge in [0.2, 0.25) is 0 Å². The zero-order valence-electron chi connectivity index (χ0n) is 7.52. The second-order valence-electron chi connectivity index (χ2n) is 3.66. The monoisotopic (exact) mass is 204 g/mol. The Hall–Kier alpha value is -0.390. The highest BCUT2D eigenvalue weighted by Crippen LogP contribution is 2.38. The molecule has 0 aliphatic carbocycles. The first-order valence-electron chi connectivity index (χ1n) is 4.23.